The molecule has 0 aromatic heterocycles. The standard InChI is InChI=1S/C12H16O3S/c1-16-8-4-7-15-11-6-3-2-5-10(11)9-12(13)14/h2-3,5-6H,4,7-9H2,1H3,(H,13,14). The van der Waals surface area contributed by atoms with E-state index in [1.807, 2.05) is 18.2 Å². The number of para-hydroxylation sites is 1. The molecular formula is C12H16O3S. The van der Waals surface area contributed by atoms with Crippen LogP contribution in [0.15, 0.2) is 24.3 Å². The lowest BCUT2D eigenvalue weighted by molar-refractivity contribution is -0.136. The van der Waals surface area contributed by atoms with Crippen LogP contribution in [0.1, 0.15) is 12.0 Å². The lowest BCUT2D eigenvalue weighted by Crippen LogP contribution is -2.05. The monoisotopic (exact) mass is 240 g/mol. The highest BCUT2D eigenvalue weighted by Crippen LogP contribution is 2.18. The summed E-state index contributed by atoms with van der Waals surface area (Å²) in [6, 6.07) is 7.29. The molecule has 1 aromatic carbocycles. The van der Waals surface area contributed by atoms with Gasteiger partial charge in [-0.25, -0.2) is 0 Å². The Balaban J connectivity index is 2.53. The number of rotatable bonds is 7. The Morgan fingerprint density at radius 3 is 2.88 bits per heavy atom. The van der Waals surface area contributed by atoms with Crippen molar-refractivity contribution in [3.63, 3.8) is 0 Å². The number of thioether (sulfide) groups is 1. The Morgan fingerprint density at radius 1 is 1.44 bits per heavy atom. The summed E-state index contributed by atoms with van der Waals surface area (Å²) in [6.45, 7) is 0.636. The van der Waals surface area contributed by atoms with Crippen LogP contribution in [0.3, 0.4) is 0 Å². The SMILES string of the molecule is CSCCCOc1ccccc1CC(=O)O. The molecule has 0 atom stereocenters. The molecule has 0 fully saturated rings. The summed E-state index contributed by atoms with van der Waals surface area (Å²) in [5, 5.41) is 8.74. The Bertz CT molecular complexity index is 339. The fourth-order valence-electron chi connectivity index (χ4n) is 1.34. The van der Waals surface area contributed by atoms with Crippen LogP contribution in [-0.2, 0) is 11.2 Å². The molecule has 0 unspecified atom stereocenters. The Labute approximate surface area is 99.8 Å². The van der Waals surface area contributed by atoms with Crippen molar-refractivity contribution in [1.82, 2.24) is 0 Å². The van der Waals surface area contributed by atoms with E-state index in [1.54, 1.807) is 17.8 Å². The molecule has 0 bridgehead atoms. The zero-order chi connectivity index (χ0) is 11.8. The summed E-state index contributed by atoms with van der Waals surface area (Å²) in [6.07, 6.45) is 3.04. The van der Waals surface area contributed by atoms with Gasteiger partial charge in [0.2, 0.25) is 0 Å². The lowest BCUT2D eigenvalue weighted by atomic mass is 10.1. The maximum absolute atomic E-state index is 10.6. The molecule has 1 aromatic rings. The normalized spacial score (nSPS) is 10.1. The van der Waals surface area contributed by atoms with Crippen molar-refractivity contribution < 1.29 is 14.6 Å². The van der Waals surface area contributed by atoms with Crippen molar-refractivity contribution in [2.75, 3.05) is 18.6 Å². The first-order valence-electron chi connectivity index (χ1n) is 5.15. The number of carboxylic acid groups (broad SMARTS) is 1. The summed E-state index contributed by atoms with van der Waals surface area (Å²) in [5.41, 5.74) is 0.735. The number of ether oxygens (including phenoxy) is 1. The van der Waals surface area contributed by atoms with E-state index in [1.165, 1.54) is 0 Å². The summed E-state index contributed by atoms with van der Waals surface area (Å²) in [5.74, 6) is 0.910. The first-order valence-corrected chi connectivity index (χ1v) is 6.55. The smallest absolute Gasteiger partial charge is 0.307 e. The van der Waals surface area contributed by atoms with E-state index in [0.29, 0.717) is 12.4 Å². The van der Waals surface area contributed by atoms with Crippen LogP contribution in [-0.4, -0.2) is 29.7 Å². The highest BCUT2D eigenvalue weighted by atomic mass is 32.2. The summed E-state index contributed by atoms with van der Waals surface area (Å²) in [4.78, 5) is 10.6. The fraction of sp³-hybridized carbons (Fsp3) is 0.417. The van der Waals surface area contributed by atoms with Crippen molar-refractivity contribution in [3.05, 3.63) is 29.8 Å². The molecule has 16 heavy (non-hydrogen) atoms. The largest absolute Gasteiger partial charge is 0.493 e. The van der Waals surface area contributed by atoms with Crippen LogP contribution in [0.4, 0.5) is 0 Å². The average Bonchev–Trinajstić information content (AvgIpc) is 2.26. The van der Waals surface area contributed by atoms with Crippen molar-refractivity contribution in [2.24, 2.45) is 0 Å². The topological polar surface area (TPSA) is 46.5 Å². The number of aliphatic carboxylic acids is 1. The molecule has 0 saturated carbocycles. The molecule has 0 aliphatic rings. The van der Waals surface area contributed by atoms with Gasteiger partial charge in [-0.2, -0.15) is 11.8 Å². The van der Waals surface area contributed by atoms with E-state index in [-0.39, 0.29) is 6.42 Å². The molecule has 1 rings (SSSR count). The molecule has 0 radical (unpaired) electrons. The van der Waals surface area contributed by atoms with E-state index >= 15 is 0 Å². The van der Waals surface area contributed by atoms with Crippen LogP contribution in [0.25, 0.3) is 0 Å². The third kappa shape index (κ3) is 4.57. The third-order valence-corrected chi connectivity index (χ3v) is 2.76. The van der Waals surface area contributed by atoms with Gasteiger partial charge in [-0.05, 0) is 24.5 Å². The number of hydrogen-bond donors (Lipinski definition) is 1. The van der Waals surface area contributed by atoms with Gasteiger partial charge in [0.05, 0.1) is 13.0 Å². The second-order valence-corrected chi connectivity index (χ2v) is 4.36. The minimum absolute atomic E-state index is 0.0126. The molecule has 0 aliphatic carbocycles. The minimum Gasteiger partial charge on any atom is -0.493 e. The van der Waals surface area contributed by atoms with Gasteiger partial charge < -0.3 is 9.84 Å². The summed E-state index contributed by atoms with van der Waals surface area (Å²) < 4.78 is 5.56. The molecule has 4 heteroatoms. The second kappa shape index (κ2) is 7.17. The van der Waals surface area contributed by atoms with Crippen molar-refractivity contribution >= 4 is 17.7 Å². The lowest BCUT2D eigenvalue weighted by Gasteiger charge is -2.09. The maximum atomic E-state index is 10.6. The molecule has 0 saturated heterocycles. The van der Waals surface area contributed by atoms with Gasteiger partial charge in [0.1, 0.15) is 5.75 Å². The van der Waals surface area contributed by atoms with Crippen LogP contribution in [0.2, 0.25) is 0 Å². The quantitative estimate of drug-likeness (QED) is 0.744. The molecular weight excluding hydrogens is 224 g/mol. The molecule has 1 N–H and O–H groups in total. The third-order valence-electron chi connectivity index (χ3n) is 2.06. The van der Waals surface area contributed by atoms with Crippen molar-refractivity contribution in [3.8, 4) is 5.75 Å². The van der Waals surface area contributed by atoms with E-state index in [0.717, 1.165) is 17.7 Å². The number of carbonyl (C=O) groups is 1. The number of hydrogen-bond acceptors (Lipinski definition) is 3. The Hall–Kier alpha value is -1.16. The van der Waals surface area contributed by atoms with Crippen LogP contribution < -0.4 is 4.74 Å². The van der Waals surface area contributed by atoms with E-state index in [4.69, 9.17) is 9.84 Å². The first kappa shape index (κ1) is 12.9. The molecule has 3 nitrogen and oxygen atoms in total. The zero-order valence-electron chi connectivity index (χ0n) is 9.31. The maximum Gasteiger partial charge on any atom is 0.307 e. The van der Waals surface area contributed by atoms with Gasteiger partial charge >= 0.3 is 5.97 Å². The summed E-state index contributed by atoms with van der Waals surface area (Å²) >= 11 is 1.78. The van der Waals surface area contributed by atoms with E-state index in [9.17, 15) is 4.79 Å². The Kier molecular flexibility index (Phi) is 5.78. The molecule has 0 amide bonds. The molecule has 0 aliphatic heterocycles. The van der Waals surface area contributed by atoms with Crippen molar-refractivity contribution in [1.29, 1.82) is 0 Å². The fourth-order valence-corrected chi connectivity index (χ4v) is 1.75. The first-order chi connectivity index (χ1) is 7.74. The molecule has 0 heterocycles. The highest BCUT2D eigenvalue weighted by Gasteiger charge is 2.06. The van der Waals surface area contributed by atoms with E-state index < -0.39 is 5.97 Å². The summed E-state index contributed by atoms with van der Waals surface area (Å²) in [7, 11) is 0. The van der Waals surface area contributed by atoms with Crippen LogP contribution in [0.5, 0.6) is 5.75 Å². The predicted molar refractivity (Wildman–Crippen MR) is 66.3 cm³/mol. The van der Waals surface area contributed by atoms with Gasteiger partial charge in [0.15, 0.2) is 0 Å². The Morgan fingerprint density at radius 2 is 2.19 bits per heavy atom. The molecule has 0 spiro atoms. The van der Waals surface area contributed by atoms with Gasteiger partial charge in [-0.3, -0.25) is 4.79 Å². The van der Waals surface area contributed by atoms with E-state index in [2.05, 4.69) is 6.26 Å². The zero-order valence-corrected chi connectivity index (χ0v) is 10.1. The minimum atomic E-state index is -0.833. The number of benzene rings is 1. The predicted octanol–water partition coefficient (Wildman–Crippen LogP) is 2.45. The number of carboxylic acids is 1. The van der Waals surface area contributed by atoms with Gasteiger partial charge in [0, 0.05) is 5.56 Å². The van der Waals surface area contributed by atoms with Gasteiger partial charge in [-0.1, -0.05) is 18.2 Å². The van der Waals surface area contributed by atoms with Crippen molar-refractivity contribution in [2.45, 2.75) is 12.8 Å². The van der Waals surface area contributed by atoms with Gasteiger partial charge in [0.25, 0.3) is 0 Å². The van der Waals surface area contributed by atoms with Crippen LogP contribution in [0, 0.1) is 0 Å². The highest BCUT2D eigenvalue weighted by molar-refractivity contribution is 7.98. The average molecular weight is 240 g/mol. The van der Waals surface area contributed by atoms with Gasteiger partial charge in [-0.15, -0.1) is 0 Å². The van der Waals surface area contributed by atoms with Crippen LogP contribution >= 0.6 is 11.8 Å². The molecule has 88 valence electrons. The second-order valence-electron chi connectivity index (χ2n) is 3.37.